The molecule has 2 aromatic carbocycles. The SMILES string of the molecule is Cc1c(Cl)cccc1-c1ccc(/C=C2\C(=O)N(c3ccc(S(N)(=O)=O)cc3)N=C2C(F)(F)F)o1. The van der Waals surface area contributed by atoms with Gasteiger partial charge in [0.25, 0.3) is 5.91 Å². The number of furan rings is 1. The van der Waals surface area contributed by atoms with Crippen molar-refractivity contribution in [3.05, 3.63) is 76.5 Å². The molecular formula is C22H15ClF3N3O4S. The quantitative estimate of drug-likeness (QED) is 0.505. The number of anilines is 1. The van der Waals surface area contributed by atoms with Gasteiger partial charge in [0, 0.05) is 10.6 Å². The molecule has 2 N–H and O–H groups in total. The second-order valence-electron chi connectivity index (χ2n) is 7.27. The minimum absolute atomic E-state index is 0.00102. The molecule has 0 saturated heterocycles. The number of hydrogen-bond acceptors (Lipinski definition) is 5. The molecule has 176 valence electrons. The van der Waals surface area contributed by atoms with Gasteiger partial charge in [0.2, 0.25) is 10.0 Å². The van der Waals surface area contributed by atoms with Gasteiger partial charge >= 0.3 is 6.18 Å². The summed E-state index contributed by atoms with van der Waals surface area (Å²) in [7, 11) is -4.02. The third-order valence-corrected chi connectivity index (χ3v) is 6.34. The molecule has 0 radical (unpaired) electrons. The second kappa shape index (κ2) is 8.42. The highest BCUT2D eigenvalue weighted by molar-refractivity contribution is 7.89. The number of nitrogens with zero attached hydrogens (tertiary/aromatic N) is 2. The summed E-state index contributed by atoms with van der Waals surface area (Å²) in [6.45, 7) is 1.77. The van der Waals surface area contributed by atoms with Crippen molar-refractivity contribution >= 4 is 45.0 Å². The van der Waals surface area contributed by atoms with Crippen LogP contribution in [0.2, 0.25) is 5.02 Å². The minimum Gasteiger partial charge on any atom is -0.457 e. The Labute approximate surface area is 197 Å². The Hall–Kier alpha value is -3.41. The number of hydrazone groups is 1. The summed E-state index contributed by atoms with van der Waals surface area (Å²) < 4.78 is 69.5. The molecule has 0 unspecified atom stereocenters. The molecule has 0 atom stereocenters. The zero-order valence-corrected chi connectivity index (χ0v) is 18.9. The van der Waals surface area contributed by atoms with Crippen molar-refractivity contribution in [2.45, 2.75) is 18.0 Å². The number of sulfonamides is 1. The highest BCUT2D eigenvalue weighted by atomic mass is 35.5. The maximum absolute atomic E-state index is 13.7. The molecule has 2 heterocycles. The maximum atomic E-state index is 13.7. The third-order valence-electron chi connectivity index (χ3n) is 5.00. The third kappa shape index (κ3) is 4.49. The van der Waals surface area contributed by atoms with Crippen LogP contribution in [0.5, 0.6) is 0 Å². The van der Waals surface area contributed by atoms with Crippen LogP contribution in [-0.4, -0.2) is 26.2 Å². The van der Waals surface area contributed by atoms with Crippen LogP contribution < -0.4 is 10.1 Å². The average Bonchev–Trinajstić information content (AvgIpc) is 3.35. The van der Waals surface area contributed by atoms with E-state index in [1.807, 2.05) is 0 Å². The Morgan fingerprint density at radius 1 is 1.09 bits per heavy atom. The van der Waals surface area contributed by atoms with Gasteiger partial charge in [0.1, 0.15) is 11.5 Å². The summed E-state index contributed by atoms with van der Waals surface area (Å²) in [5.41, 5.74) is -0.841. The first kappa shape index (κ1) is 23.7. The average molecular weight is 510 g/mol. The van der Waals surface area contributed by atoms with Crippen LogP contribution in [0, 0.1) is 6.92 Å². The van der Waals surface area contributed by atoms with Crippen LogP contribution in [0.3, 0.4) is 0 Å². The molecule has 1 aliphatic rings. The number of carbonyl (C=O) groups is 1. The van der Waals surface area contributed by atoms with Crippen molar-refractivity contribution in [3.8, 4) is 11.3 Å². The van der Waals surface area contributed by atoms with Gasteiger partial charge in [-0.25, -0.2) is 13.6 Å². The normalized spacial score (nSPS) is 15.8. The lowest BCUT2D eigenvalue weighted by Gasteiger charge is -2.11. The molecule has 3 aromatic rings. The maximum Gasteiger partial charge on any atom is 0.435 e. The van der Waals surface area contributed by atoms with Gasteiger partial charge in [-0.1, -0.05) is 23.7 Å². The van der Waals surface area contributed by atoms with Gasteiger partial charge in [0.15, 0.2) is 5.71 Å². The first-order valence-corrected chi connectivity index (χ1v) is 11.5. The molecular weight excluding hydrogens is 495 g/mol. The second-order valence-corrected chi connectivity index (χ2v) is 9.24. The molecule has 0 aliphatic carbocycles. The predicted molar refractivity (Wildman–Crippen MR) is 121 cm³/mol. The van der Waals surface area contributed by atoms with Crippen LogP contribution in [-0.2, 0) is 14.8 Å². The predicted octanol–water partition coefficient (Wildman–Crippen LogP) is 4.90. The Morgan fingerprint density at radius 2 is 1.76 bits per heavy atom. The molecule has 34 heavy (non-hydrogen) atoms. The summed E-state index contributed by atoms with van der Waals surface area (Å²) in [6.07, 6.45) is -3.98. The molecule has 0 bridgehead atoms. The molecule has 0 saturated carbocycles. The Kier molecular flexibility index (Phi) is 5.88. The zero-order chi connectivity index (χ0) is 24.8. The number of hydrogen-bond donors (Lipinski definition) is 1. The number of halogens is 4. The Morgan fingerprint density at radius 3 is 2.38 bits per heavy atom. The van der Waals surface area contributed by atoms with Crippen LogP contribution in [0.25, 0.3) is 17.4 Å². The number of primary sulfonamides is 1. The highest BCUT2D eigenvalue weighted by Gasteiger charge is 2.47. The van der Waals surface area contributed by atoms with Crippen LogP contribution in [0.4, 0.5) is 18.9 Å². The smallest absolute Gasteiger partial charge is 0.435 e. The van der Waals surface area contributed by atoms with E-state index in [1.54, 1.807) is 31.2 Å². The number of alkyl halides is 3. The molecule has 4 rings (SSSR count). The number of benzene rings is 2. The molecule has 1 amide bonds. The summed E-state index contributed by atoms with van der Waals surface area (Å²) in [6, 6.07) is 12.5. The molecule has 1 aromatic heterocycles. The van der Waals surface area contributed by atoms with Crippen LogP contribution >= 0.6 is 11.6 Å². The van der Waals surface area contributed by atoms with Gasteiger partial charge in [-0.05, 0) is 61.0 Å². The summed E-state index contributed by atoms with van der Waals surface area (Å²) in [4.78, 5) is 12.6. The summed E-state index contributed by atoms with van der Waals surface area (Å²) in [5, 5.41) is 9.49. The van der Waals surface area contributed by atoms with Crippen molar-refractivity contribution in [3.63, 3.8) is 0 Å². The number of nitrogens with two attached hydrogens (primary N) is 1. The number of rotatable bonds is 4. The van der Waals surface area contributed by atoms with Crippen molar-refractivity contribution in [2.24, 2.45) is 10.2 Å². The highest BCUT2D eigenvalue weighted by Crippen LogP contribution is 2.34. The molecule has 7 nitrogen and oxygen atoms in total. The van der Waals surface area contributed by atoms with Gasteiger partial charge < -0.3 is 4.42 Å². The lowest BCUT2D eigenvalue weighted by Crippen LogP contribution is -2.25. The number of amides is 1. The van der Waals surface area contributed by atoms with E-state index >= 15 is 0 Å². The topological polar surface area (TPSA) is 106 Å². The van der Waals surface area contributed by atoms with Gasteiger partial charge in [-0.2, -0.15) is 23.3 Å². The number of carbonyl (C=O) groups excluding carboxylic acids is 1. The molecule has 12 heteroatoms. The fourth-order valence-corrected chi connectivity index (χ4v) is 3.99. The molecule has 0 spiro atoms. The van der Waals surface area contributed by atoms with E-state index in [9.17, 15) is 26.4 Å². The first-order chi connectivity index (χ1) is 15.9. The lowest BCUT2D eigenvalue weighted by molar-refractivity contribution is -0.114. The van der Waals surface area contributed by atoms with Crippen LogP contribution in [0.1, 0.15) is 11.3 Å². The Bertz CT molecular complexity index is 1460. The van der Waals surface area contributed by atoms with Gasteiger partial charge in [-0.15, -0.1) is 0 Å². The van der Waals surface area contributed by atoms with E-state index in [-0.39, 0.29) is 16.3 Å². The van der Waals surface area contributed by atoms with E-state index in [2.05, 4.69) is 5.10 Å². The largest absolute Gasteiger partial charge is 0.457 e. The summed E-state index contributed by atoms with van der Waals surface area (Å²) in [5.74, 6) is -0.702. The van der Waals surface area contributed by atoms with Crippen molar-refractivity contribution in [2.75, 3.05) is 5.01 Å². The van der Waals surface area contributed by atoms with E-state index in [0.717, 1.165) is 35.9 Å². The van der Waals surface area contributed by atoms with E-state index in [0.29, 0.717) is 21.4 Å². The first-order valence-electron chi connectivity index (χ1n) is 9.57. The van der Waals surface area contributed by atoms with Crippen molar-refractivity contribution < 1.29 is 30.8 Å². The van der Waals surface area contributed by atoms with Gasteiger partial charge in [0.05, 0.1) is 16.2 Å². The standard InChI is InChI=1S/C22H15ClF3N3O4S/c1-12-16(3-2-4-18(12)23)19-10-7-14(33-19)11-17-20(22(24,25)26)28-29(21(17)30)13-5-8-15(9-6-13)34(27,31)32/h2-11H,1H3,(H2,27,31,32)/b17-11-. The fraction of sp³-hybridized carbons (Fsp3) is 0.0909. The van der Waals surface area contributed by atoms with Crippen molar-refractivity contribution in [1.82, 2.24) is 0 Å². The van der Waals surface area contributed by atoms with E-state index in [4.69, 9.17) is 21.2 Å². The van der Waals surface area contributed by atoms with Crippen LogP contribution in [0.15, 0.2) is 74.6 Å². The van der Waals surface area contributed by atoms with Crippen molar-refractivity contribution in [1.29, 1.82) is 0 Å². The minimum atomic E-state index is -4.93. The van der Waals surface area contributed by atoms with E-state index < -0.39 is 33.4 Å². The fourth-order valence-electron chi connectivity index (χ4n) is 3.30. The van der Waals surface area contributed by atoms with Gasteiger partial charge in [-0.3, -0.25) is 4.79 Å². The summed E-state index contributed by atoms with van der Waals surface area (Å²) >= 11 is 6.12. The molecule has 1 aliphatic heterocycles. The zero-order valence-electron chi connectivity index (χ0n) is 17.3. The van der Waals surface area contributed by atoms with E-state index in [1.165, 1.54) is 6.07 Å². The lowest BCUT2D eigenvalue weighted by atomic mass is 10.1. The Balaban J connectivity index is 1.72. The molecule has 0 fully saturated rings. The monoisotopic (exact) mass is 509 g/mol.